The molecule has 0 unspecified atom stereocenters. The first-order valence-corrected chi connectivity index (χ1v) is 13.3. The number of aryl methyl sites for hydroxylation is 1. The molecule has 39 heavy (non-hydrogen) atoms. The molecule has 12 heteroatoms. The third-order valence-corrected chi connectivity index (χ3v) is 7.81. The van der Waals surface area contributed by atoms with Crippen molar-refractivity contribution >= 4 is 40.0 Å². The van der Waals surface area contributed by atoms with Crippen LogP contribution in [0.15, 0.2) is 24.5 Å². The predicted octanol–water partition coefficient (Wildman–Crippen LogP) is 2.42. The van der Waals surface area contributed by atoms with Crippen molar-refractivity contribution in [3.8, 4) is 0 Å². The zero-order valence-electron chi connectivity index (χ0n) is 21.9. The first kappa shape index (κ1) is 25.4. The summed E-state index contributed by atoms with van der Waals surface area (Å²) in [5.41, 5.74) is 3.34. The SMILES string of the molecule is CCN1C(=O)Nc2c(F)c(CN3CCN(c4ccc(C(=O)N[C@H]5C[C@@H](O)C5)nc4C)CC3)cc3ncnc1c23. The number of urea groups is 1. The fourth-order valence-electron chi connectivity index (χ4n) is 5.61. The number of benzene rings is 1. The summed E-state index contributed by atoms with van der Waals surface area (Å²) in [6.07, 6.45) is 2.24. The highest BCUT2D eigenvalue weighted by atomic mass is 19.1. The maximum absolute atomic E-state index is 15.6. The van der Waals surface area contributed by atoms with Crippen LogP contribution in [0.2, 0.25) is 0 Å². The van der Waals surface area contributed by atoms with Crippen LogP contribution < -0.4 is 20.4 Å². The van der Waals surface area contributed by atoms with Gasteiger partial charge in [-0.2, -0.15) is 0 Å². The fourth-order valence-corrected chi connectivity index (χ4v) is 5.61. The van der Waals surface area contributed by atoms with Crippen molar-refractivity contribution in [2.75, 3.05) is 47.8 Å². The number of aliphatic hydroxyl groups excluding tert-OH is 1. The Morgan fingerprint density at radius 1 is 1.21 bits per heavy atom. The molecule has 6 rings (SSSR count). The second kappa shape index (κ2) is 10.0. The van der Waals surface area contributed by atoms with Gasteiger partial charge in [-0.25, -0.2) is 24.1 Å². The molecule has 1 saturated carbocycles. The fraction of sp³-hybridized carbons (Fsp3) is 0.444. The molecule has 2 aliphatic heterocycles. The first-order chi connectivity index (χ1) is 18.8. The lowest BCUT2D eigenvalue weighted by Gasteiger charge is -2.37. The highest BCUT2D eigenvalue weighted by Crippen LogP contribution is 2.38. The van der Waals surface area contributed by atoms with Gasteiger partial charge in [0.05, 0.1) is 34.1 Å². The Labute approximate surface area is 225 Å². The Hall–Kier alpha value is -3.90. The van der Waals surface area contributed by atoms with Crippen molar-refractivity contribution < 1.29 is 19.1 Å². The number of aliphatic hydroxyl groups is 1. The van der Waals surface area contributed by atoms with Crippen LogP contribution >= 0.6 is 0 Å². The quantitative estimate of drug-likeness (QED) is 0.440. The summed E-state index contributed by atoms with van der Waals surface area (Å²) >= 11 is 0. The minimum Gasteiger partial charge on any atom is -0.393 e. The number of rotatable bonds is 6. The second-order valence-electron chi connectivity index (χ2n) is 10.4. The molecule has 2 aromatic heterocycles. The van der Waals surface area contributed by atoms with Gasteiger partial charge in [0.1, 0.15) is 17.8 Å². The first-order valence-electron chi connectivity index (χ1n) is 13.3. The van der Waals surface area contributed by atoms with E-state index in [9.17, 15) is 14.7 Å². The van der Waals surface area contributed by atoms with Gasteiger partial charge < -0.3 is 20.6 Å². The van der Waals surface area contributed by atoms with Crippen LogP contribution in [-0.4, -0.2) is 81.8 Å². The standard InChI is InChI=1S/C27H31FN8O3/c1-3-36-25-22-20(29-14-30-25)10-16(23(28)24(22)33-27(36)39)13-34-6-8-35(9-7-34)21-5-4-19(31-15(21)2)26(38)32-17-11-18(37)12-17/h4-5,10,14,17-18,37H,3,6-9,11-13H2,1-2H3,(H,32,38)(H,33,39)/t17-,18+. The van der Waals surface area contributed by atoms with Crippen molar-refractivity contribution in [1.82, 2.24) is 25.2 Å². The molecule has 3 aliphatic rings. The normalized spacial score (nSPS) is 21.1. The average molecular weight is 535 g/mol. The number of aromatic nitrogens is 3. The van der Waals surface area contributed by atoms with Crippen molar-refractivity contribution in [2.45, 2.75) is 45.4 Å². The lowest BCUT2D eigenvalue weighted by molar-refractivity contribution is 0.0560. The van der Waals surface area contributed by atoms with E-state index in [2.05, 4.69) is 35.4 Å². The Morgan fingerprint density at radius 2 is 1.97 bits per heavy atom. The monoisotopic (exact) mass is 534 g/mol. The molecule has 0 spiro atoms. The molecule has 1 saturated heterocycles. The number of piperazine rings is 1. The molecular formula is C27H31FN8O3. The van der Waals surface area contributed by atoms with E-state index in [-0.39, 0.29) is 23.7 Å². The van der Waals surface area contributed by atoms with Gasteiger partial charge in [0.2, 0.25) is 0 Å². The number of nitrogens with zero attached hydrogens (tertiary/aromatic N) is 6. The molecule has 11 nitrogen and oxygen atoms in total. The summed E-state index contributed by atoms with van der Waals surface area (Å²) in [6.45, 7) is 7.42. The van der Waals surface area contributed by atoms with Crippen LogP contribution in [-0.2, 0) is 6.54 Å². The van der Waals surface area contributed by atoms with Crippen molar-refractivity contribution in [3.63, 3.8) is 0 Å². The van der Waals surface area contributed by atoms with Crippen LogP contribution in [0, 0.1) is 12.7 Å². The summed E-state index contributed by atoms with van der Waals surface area (Å²) in [7, 11) is 0. The smallest absolute Gasteiger partial charge is 0.327 e. The molecule has 3 aromatic rings. The number of carbonyl (C=O) groups is 2. The minimum atomic E-state index is -0.449. The number of hydrogen-bond acceptors (Lipinski definition) is 8. The third kappa shape index (κ3) is 4.63. The van der Waals surface area contributed by atoms with Crippen LogP contribution in [0.1, 0.15) is 41.5 Å². The third-order valence-electron chi connectivity index (χ3n) is 7.81. The van der Waals surface area contributed by atoms with Gasteiger partial charge in [0.25, 0.3) is 5.91 Å². The molecular weight excluding hydrogens is 503 g/mol. The molecule has 204 valence electrons. The summed E-state index contributed by atoms with van der Waals surface area (Å²) < 4.78 is 15.6. The van der Waals surface area contributed by atoms with Crippen molar-refractivity contribution in [1.29, 1.82) is 0 Å². The van der Waals surface area contributed by atoms with Crippen LogP contribution in [0.4, 0.5) is 26.4 Å². The van der Waals surface area contributed by atoms with E-state index in [1.807, 2.05) is 19.9 Å². The Kier molecular flexibility index (Phi) is 6.51. The largest absolute Gasteiger partial charge is 0.393 e. The van der Waals surface area contributed by atoms with E-state index in [1.165, 1.54) is 11.2 Å². The van der Waals surface area contributed by atoms with Gasteiger partial charge in [0.15, 0.2) is 5.82 Å². The number of nitrogens with one attached hydrogen (secondary N) is 2. The highest BCUT2D eigenvalue weighted by Gasteiger charge is 2.31. The van der Waals surface area contributed by atoms with Gasteiger partial charge >= 0.3 is 6.03 Å². The molecule has 2 fully saturated rings. The number of halogens is 1. The van der Waals surface area contributed by atoms with E-state index >= 15 is 4.39 Å². The second-order valence-corrected chi connectivity index (χ2v) is 10.4. The molecule has 3 N–H and O–H groups in total. The van der Waals surface area contributed by atoms with Gasteiger partial charge in [0, 0.05) is 50.9 Å². The molecule has 0 radical (unpaired) electrons. The highest BCUT2D eigenvalue weighted by molar-refractivity contribution is 6.17. The van der Waals surface area contributed by atoms with Crippen molar-refractivity contribution in [2.24, 2.45) is 0 Å². The average Bonchev–Trinajstić information content (AvgIpc) is 2.91. The maximum atomic E-state index is 15.6. The molecule has 0 bridgehead atoms. The van der Waals surface area contributed by atoms with E-state index in [4.69, 9.17) is 0 Å². The lowest BCUT2D eigenvalue weighted by Crippen LogP contribution is -2.47. The van der Waals surface area contributed by atoms with E-state index in [0.717, 1.165) is 24.5 Å². The molecule has 4 heterocycles. The minimum absolute atomic E-state index is 0.00511. The Morgan fingerprint density at radius 3 is 2.67 bits per heavy atom. The maximum Gasteiger partial charge on any atom is 0.327 e. The predicted molar refractivity (Wildman–Crippen MR) is 144 cm³/mol. The van der Waals surface area contributed by atoms with Gasteiger partial charge in [-0.1, -0.05) is 0 Å². The number of amides is 3. The van der Waals surface area contributed by atoms with Crippen LogP contribution in [0.25, 0.3) is 10.9 Å². The van der Waals surface area contributed by atoms with Crippen LogP contribution in [0.3, 0.4) is 0 Å². The number of pyridine rings is 1. The topological polar surface area (TPSA) is 127 Å². The number of carbonyl (C=O) groups excluding carboxylic acids is 2. The Balaban J connectivity index is 1.13. The zero-order valence-corrected chi connectivity index (χ0v) is 21.9. The number of anilines is 3. The molecule has 1 aliphatic carbocycles. The number of hydrogen-bond donors (Lipinski definition) is 3. The van der Waals surface area contributed by atoms with Crippen molar-refractivity contribution in [3.05, 3.63) is 47.3 Å². The summed E-state index contributed by atoms with van der Waals surface area (Å²) in [4.78, 5) is 44.0. The summed E-state index contributed by atoms with van der Waals surface area (Å²) in [5.74, 6) is -0.246. The summed E-state index contributed by atoms with van der Waals surface area (Å²) in [6, 6.07) is 5.02. The zero-order chi connectivity index (χ0) is 27.3. The molecule has 3 amide bonds. The van der Waals surface area contributed by atoms with E-state index in [1.54, 1.807) is 12.1 Å². The lowest BCUT2D eigenvalue weighted by atomic mass is 9.89. The van der Waals surface area contributed by atoms with Gasteiger partial charge in [-0.15, -0.1) is 0 Å². The molecule has 0 atom stereocenters. The Bertz CT molecular complexity index is 1450. The van der Waals surface area contributed by atoms with Crippen LogP contribution in [0.5, 0.6) is 0 Å². The van der Waals surface area contributed by atoms with E-state index < -0.39 is 11.8 Å². The molecule has 1 aromatic carbocycles. The van der Waals surface area contributed by atoms with E-state index in [0.29, 0.717) is 67.0 Å². The van der Waals surface area contributed by atoms with Gasteiger partial charge in [-0.3, -0.25) is 14.6 Å². The summed E-state index contributed by atoms with van der Waals surface area (Å²) in [5, 5.41) is 15.6. The van der Waals surface area contributed by atoms with Gasteiger partial charge in [-0.05, 0) is 44.9 Å².